The fraction of sp³-hybridized carbons (Fsp3) is 0.222. The third kappa shape index (κ3) is 2.39. The lowest BCUT2D eigenvalue weighted by Gasteiger charge is -2.08. The number of halogens is 3. The Morgan fingerprint density at radius 1 is 1.33 bits per heavy atom. The van der Waals surface area contributed by atoms with Crippen LogP contribution in [0.4, 0.5) is 13.2 Å². The fourth-order valence-electron chi connectivity index (χ4n) is 1.18. The van der Waals surface area contributed by atoms with E-state index in [4.69, 9.17) is 0 Å². The van der Waals surface area contributed by atoms with Crippen LogP contribution in [0.15, 0.2) is 24.4 Å². The molecule has 80 valence electrons. The molecule has 1 N–H and O–H groups in total. The maximum absolute atomic E-state index is 11.9. The van der Waals surface area contributed by atoms with Gasteiger partial charge in [0.05, 0.1) is 11.7 Å². The normalized spacial score (nSPS) is 11.9. The zero-order chi connectivity index (χ0) is 10.9. The number of rotatable bonds is 2. The van der Waals surface area contributed by atoms with Gasteiger partial charge in [-0.05, 0) is 18.2 Å². The van der Waals surface area contributed by atoms with Gasteiger partial charge in [0.25, 0.3) is 0 Å². The summed E-state index contributed by atoms with van der Waals surface area (Å²) in [5.41, 5.74) is 0.759. The molecule has 0 saturated heterocycles. The van der Waals surface area contributed by atoms with E-state index in [9.17, 15) is 13.2 Å². The molecular weight excluding hydrogens is 209 g/mol. The van der Waals surface area contributed by atoms with E-state index in [0.717, 1.165) is 10.9 Å². The maximum Gasteiger partial charge on any atom is 0.422 e. The summed E-state index contributed by atoms with van der Waals surface area (Å²) in [6.45, 7) is -1.28. The van der Waals surface area contributed by atoms with Crippen molar-refractivity contribution in [2.24, 2.45) is 0 Å². The topological polar surface area (TPSA) is 37.9 Å². The second-order valence-electron chi connectivity index (χ2n) is 3.02. The Morgan fingerprint density at radius 2 is 2.13 bits per heavy atom. The first kappa shape index (κ1) is 9.82. The first-order valence-corrected chi connectivity index (χ1v) is 4.17. The molecule has 15 heavy (non-hydrogen) atoms. The number of aromatic amines is 1. The molecular formula is C9H7F3N2O. The molecule has 0 aliphatic heterocycles. The molecule has 0 atom stereocenters. The minimum Gasteiger partial charge on any atom is -0.484 e. The predicted octanol–water partition coefficient (Wildman–Crippen LogP) is 2.50. The quantitative estimate of drug-likeness (QED) is 0.837. The molecule has 0 aliphatic carbocycles. The third-order valence-corrected chi connectivity index (χ3v) is 1.81. The van der Waals surface area contributed by atoms with Gasteiger partial charge in [0.1, 0.15) is 5.75 Å². The van der Waals surface area contributed by atoms with Crippen molar-refractivity contribution in [3.63, 3.8) is 0 Å². The van der Waals surface area contributed by atoms with E-state index in [1.165, 1.54) is 18.3 Å². The van der Waals surface area contributed by atoms with E-state index >= 15 is 0 Å². The van der Waals surface area contributed by atoms with Gasteiger partial charge in [-0.15, -0.1) is 0 Å². The van der Waals surface area contributed by atoms with Gasteiger partial charge in [0.15, 0.2) is 6.61 Å². The molecule has 0 amide bonds. The first-order chi connectivity index (χ1) is 7.04. The summed E-state index contributed by atoms with van der Waals surface area (Å²) in [5.74, 6) is 0.182. The average Bonchev–Trinajstić information content (AvgIpc) is 2.60. The molecule has 0 spiro atoms. The smallest absolute Gasteiger partial charge is 0.422 e. The van der Waals surface area contributed by atoms with Crippen LogP contribution in [0, 0.1) is 0 Å². The Hall–Kier alpha value is -1.72. The maximum atomic E-state index is 11.9. The number of H-pyrrole nitrogens is 1. The molecule has 0 saturated carbocycles. The van der Waals surface area contributed by atoms with Crippen LogP contribution in [0.1, 0.15) is 0 Å². The van der Waals surface area contributed by atoms with Gasteiger partial charge in [0, 0.05) is 5.39 Å². The number of fused-ring (bicyclic) bond motifs is 1. The minimum absolute atomic E-state index is 0.182. The Balaban J connectivity index is 2.15. The van der Waals surface area contributed by atoms with Crippen molar-refractivity contribution in [1.82, 2.24) is 10.2 Å². The second kappa shape index (κ2) is 3.45. The van der Waals surface area contributed by atoms with E-state index in [-0.39, 0.29) is 5.75 Å². The molecule has 0 radical (unpaired) electrons. The molecule has 1 heterocycles. The van der Waals surface area contributed by atoms with Crippen LogP contribution in [0.3, 0.4) is 0 Å². The SMILES string of the molecule is FC(F)(F)COc1ccc2[nH]ncc2c1. The number of nitrogens with one attached hydrogen (secondary N) is 1. The molecule has 0 bridgehead atoms. The van der Waals surface area contributed by atoms with Crippen molar-refractivity contribution in [3.8, 4) is 5.75 Å². The highest BCUT2D eigenvalue weighted by atomic mass is 19.4. The van der Waals surface area contributed by atoms with Crippen LogP contribution in [0.5, 0.6) is 5.75 Å². The number of hydrogen-bond donors (Lipinski definition) is 1. The Morgan fingerprint density at radius 3 is 2.87 bits per heavy atom. The number of ether oxygens (including phenoxy) is 1. The number of hydrogen-bond acceptors (Lipinski definition) is 2. The molecule has 0 fully saturated rings. The third-order valence-electron chi connectivity index (χ3n) is 1.81. The largest absolute Gasteiger partial charge is 0.484 e. The highest BCUT2D eigenvalue weighted by Crippen LogP contribution is 2.21. The van der Waals surface area contributed by atoms with Crippen LogP contribution >= 0.6 is 0 Å². The second-order valence-corrected chi connectivity index (χ2v) is 3.02. The molecule has 6 heteroatoms. The Kier molecular flexibility index (Phi) is 2.26. The zero-order valence-electron chi connectivity index (χ0n) is 7.51. The van der Waals surface area contributed by atoms with Crippen molar-refractivity contribution in [3.05, 3.63) is 24.4 Å². The number of aromatic nitrogens is 2. The summed E-state index contributed by atoms with van der Waals surface area (Å²) in [7, 11) is 0. The van der Waals surface area contributed by atoms with E-state index in [0.29, 0.717) is 0 Å². The van der Waals surface area contributed by atoms with Gasteiger partial charge in [-0.3, -0.25) is 5.10 Å². The molecule has 1 aromatic carbocycles. The van der Waals surface area contributed by atoms with E-state index in [1.807, 2.05) is 0 Å². The highest BCUT2D eigenvalue weighted by Gasteiger charge is 2.28. The molecule has 0 unspecified atom stereocenters. The lowest BCUT2D eigenvalue weighted by molar-refractivity contribution is -0.153. The number of benzene rings is 1. The van der Waals surface area contributed by atoms with Crippen molar-refractivity contribution in [1.29, 1.82) is 0 Å². The van der Waals surface area contributed by atoms with Crippen LogP contribution in [-0.2, 0) is 0 Å². The molecule has 3 nitrogen and oxygen atoms in total. The van der Waals surface area contributed by atoms with E-state index < -0.39 is 12.8 Å². The standard InChI is InChI=1S/C9H7F3N2O/c10-9(11,12)5-15-7-1-2-8-6(3-7)4-13-14-8/h1-4H,5H2,(H,13,14). The highest BCUT2D eigenvalue weighted by molar-refractivity contribution is 5.79. The molecule has 2 rings (SSSR count). The summed E-state index contributed by atoms with van der Waals surface area (Å²) >= 11 is 0. The molecule has 2 aromatic rings. The van der Waals surface area contributed by atoms with Gasteiger partial charge in [-0.2, -0.15) is 18.3 Å². The lowest BCUT2D eigenvalue weighted by Crippen LogP contribution is -2.19. The van der Waals surface area contributed by atoms with Crippen LogP contribution in [0.2, 0.25) is 0 Å². The van der Waals surface area contributed by atoms with E-state index in [2.05, 4.69) is 14.9 Å². The number of alkyl halides is 3. The molecule has 1 aromatic heterocycles. The minimum atomic E-state index is -4.31. The van der Waals surface area contributed by atoms with Gasteiger partial charge in [-0.1, -0.05) is 0 Å². The van der Waals surface area contributed by atoms with E-state index in [1.54, 1.807) is 6.07 Å². The number of nitrogens with zero attached hydrogens (tertiary/aromatic N) is 1. The summed E-state index contributed by atoms with van der Waals surface area (Å²) in [6, 6.07) is 4.59. The Labute approximate surface area is 82.9 Å². The zero-order valence-corrected chi connectivity index (χ0v) is 7.51. The van der Waals surface area contributed by atoms with Gasteiger partial charge < -0.3 is 4.74 Å². The van der Waals surface area contributed by atoms with Crippen LogP contribution in [-0.4, -0.2) is 23.0 Å². The molecule has 0 aliphatic rings. The van der Waals surface area contributed by atoms with Crippen LogP contribution < -0.4 is 4.74 Å². The summed E-state index contributed by atoms with van der Waals surface area (Å²) in [4.78, 5) is 0. The summed E-state index contributed by atoms with van der Waals surface area (Å²) in [5, 5.41) is 7.16. The van der Waals surface area contributed by atoms with Gasteiger partial charge in [0.2, 0.25) is 0 Å². The first-order valence-electron chi connectivity index (χ1n) is 4.17. The van der Waals surface area contributed by atoms with Crippen molar-refractivity contribution >= 4 is 10.9 Å². The predicted molar refractivity (Wildman–Crippen MR) is 47.6 cm³/mol. The van der Waals surface area contributed by atoms with Crippen LogP contribution in [0.25, 0.3) is 10.9 Å². The fourth-order valence-corrected chi connectivity index (χ4v) is 1.18. The average molecular weight is 216 g/mol. The Bertz CT molecular complexity index is 464. The van der Waals surface area contributed by atoms with Crippen molar-refractivity contribution < 1.29 is 17.9 Å². The van der Waals surface area contributed by atoms with Crippen molar-refractivity contribution in [2.45, 2.75) is 6.18 Å². The summed E-state index contributed by atoms with van der Waals surface area (Å²) < 4.78 is 40.1. The lowest BCUT2D eigenvalue weighted by atomic mass is 10.2. The van der Waals surface area contributed by atoms with Gasteiger partial charge >= 0.3 is 6.18 Å². The monoisotopic (exact) mass is 216 g/mol. The van der Waals surface area contributed by atoms with Gasteiger partial charge in [-0.25, -0.2) is 0 Å². The van der Waals surface area contributed by atoms with Crippen molar-refractivity contribution in [2.75, 3.05) is 6.61 Å². The summed E-state index contributed by atoms with van der Waals surface area (Å²) in [6.07, 6.45) is -2.79.